The predicted molar refractivity (Wildman–Crippen MR) is 70.2 cm³/mol. The molecule has 17 heavy (non-hydrogen) atoms. The van der Waals surface area contributed by atoms with Gasteiger partial charge in [-0.2, -0.15) is 0 Å². The summed E-state index contributed by atoms with van der Waals surface area (Å²) in [5, 5.41) is 3.72. The molecule has 0 aromatic heterocycles. The van der Waals surface area contributed by atoms with Crippen molar-refractivity contribution in [3.05, 3.63) is 29.8 Å². The molecule has 0 saturated carbocycles. The van der Waals surface area contributed by atoms with E-state index in [1.165, 1.54) is 36.9 Å². The van der Waals surface area contributed by atoms with Crippen LogP contribution in [0.5, 0.6) is 0 Å². The van der Waals surface area contributed by atoms with Crippen LogP contribution in [0.4, 0.5) is 5.69 Å². The summed E-state index contributed by atoms with van der Waals surface area (Å²) in [5.74, 6) is 0.665. The molecule has 0 amide bonds. The highest BCUT2D eigenvalue weighted by Crippen LogP contribution is 2.44. The number of anilines is 1. The van der Waals surface area contributed by atoms with Crippen LogP contribution in [0.3, 0.4) is 0 Å². The van der Waals surface area contributed by atoms with E-state index < -0.39 is 0 Å². The van der Waals surface area contributed by atoms with E-state index in [9.17, 15) is 0 Å². The minimum absolute atomic E-state index is 0.331. The molecule has 1 saturated heterocycles. The van der Waals surface area contributed by atoms with Crippen LogP contribution in [0.25, 0.3) is 0 Å². The van der Waals surface area contributed by atoms with E-state index in [0.717, 1.165) is 6.61 Å². The van der Waals surface area contributed by atoms with Gasteiger partial charge in [0, 0.05) is 29.8 Å². The number of nitrogens with one attached hydrogen (secondary N) is 1. The quantitative estimate of drug-likeness (QED) is 0.837. The van der Waals surface area contributed by atoms with Gasteiger partial charge in [-0.3, -0.25) is 0 Å². The summed E-state index contributed by atoms with van der Waals surface area (Å²) in [4.78, 5) is 0. The molecule has 3 rings (SSSR count). The third-order valence-electron chi connectivity index (χ3n) is 4.09. The lowest BCUT2D eigenvalue weighted by molar-refractivity contribution is -0.0385. The van der Waals surface area contributed by atoms with Gasteiger partial charge in [-0.25, -0.2) is 0 Å². The van der Waals surface area contributed by atoms with Gasteiger partial charge in [-0.15, -0.1) is 0 Å². The van der Waals surface area contributed by atoms with Crippen molar-refractivity contribution in [3.8, 4) is 0 Å². The fraction of sp³-hybridized carbons (Fsp3) is 0.600. The van der Waals surface area contributed by atoms with Crippen molar-refractivity contribution >= 4 is 5.69 Å². The molecule has 0 bridgehead atoms. The molecular formula is C15H21NO. The number of para-hydroxylation sites is 1. The van der Waals surface area contributed by atoms with Gasteiger partial charge in [0.25, 0.3) is 0 Å². The molecule has 2 aliphatic rings. The third kappa shape index (κ3) is 1.95. The van der Waals surface area contributed by atoms with Crippen molar-refractivity contribution in [3.63, 3.8) is 0 Å². The number of hydrogen-bond donors (Lipinski definition) is 1. The van der Waals surface area contributed by atoms with Crippen LogP contribution in [0, 0.1) is 5.92 Å². The Balaban J connectivity index is 1.94. The van der Waals surface area contributed by atoms with Crippen molar-refractivity contribution in [1.29, 1.82) is 0 Å². The van der Waals surface area contributed by atoms with Gasteiger partial charge in [0.2, 0.25) is 0 Å². The third-order valence-corrected chi connectivity index (χ3v) is 4.09. The Kier molecular flexibility index (Phi) is 3.06. The topological polar surface area (TPSA) is 21.3 Å². The highest BCUT2D eigenvalue weighted by Gasteiger charge is 2.38. The van der Waals surface area contributed by atoms with Gasteiger partial charge in [0.05, 0.1) is 6.10 Å². The second kappa shape index (κ2) is 4.69. The van der Waals surface area contributed by atoms with E-state index >= 15 is 0 Å². The Morgan fingerprint density at radius 3 is 3.12 bits per heavy atom. The maximum absolute atomic E-state index is 6.04. The van der Waals surface area contributed by atoms with Crippen molar-refractivity contribution in [2.24, 2.45) is 5.92 Å². The molecule has 2 nitrogen and oxygen atoms in total. The van der Waals surface area contributed by atoms with Gasteiger partial charge in [-0.1, -0.05) is 31.5 Å². The second-order valence-corrected chi connectivity index (χ2v) is 5.22. The number of fused-ring (bicyclic) bond motifs is 3. The van der Waals surface area contributed by atoms with Gasteiger partial charge in [-0.05, 0) is 25.3 Å². The van der Waals surface area contributed by atoms with Crippen LogP contribution in [0.2, 0.25) is 0 Å². The Morgan fingerprint density at radius 2 is 2.24 bits per heavy atom. The lowest BCUT2D eigenvalue weighted by atomic mass is 9.78. The molecule has 1 aromatic carbocycles. The van der Waals surface area contributed by atoms with Gasteiger partial charge in [0.1, 0.15) is 0 Å². The number of ether oxygens (including phenoxy) is 1. The zero-order chi connectivity index (χ0) is 11.7. The van der Waals surface area contributed by atoms with E-state index in [-0.39, 0.29) is 0 Å². The Bertz CT molecular complexity index is 390. The summed E-state index contributed by atoms with van der Waals surface area (Å²) < 4.78 is 6.04. The Labute approximate surface area is 103 Å². The summed E-state index contributed by atoms with van der Waals surface area (Å²) in [6.07, 6.45) is 5.34. The monoisotopic (exact) mass is 231 g/mol. The van der Waals surface area contributed by atoms with Crippen molar-refractivity contribution in [2.45, 2.75) is 44.8 Å². The molecular weight excluding hydrogens is 210 g/mol. The average Bonchev–Trinajstić information content (AvgIpc) is 2.39. The minimum Gasteiger partial charge on any atom is -0.382 e. The van der Waals surface area contributed by atoms with Gasteiger partial charge >= 0.3 is 0 Å². The molecule has 3 atom stereocenters. The molecule has 1 N–H and O–H groups in total. The average molecular weight is 231 g/mol. The first-order valence-electron chi connectivity index (χ1n) is 6.87. The second-order valence-electron chi connectivity index (χ2n) is 5.22. The zero-order valence-electron chi connectivity index (χ0n) is 10.5. The number of rotatable bonds is 2. The summed E-state index contributed by atoms with van der Waals surface area (Å²) in [5.41, 5.74) is 2.65. The molecule has 2 aliphatic heterocycles. The molecule has 0 spiro atoms. The van der Waals surface area contributed by atoms with E-state index in [1.54, 1.807) is 0 Å². The van der Waals surface area contributed by atoms with Crippen molar-refractivity contribution < 1.29 is 4.74 Å². The molecule has 1 fully saturated rings. The van der Waals surface area contributed by atoms with Gasteiger partial charge in [0.15, 0.2) is 0 Å². The Hall–Kier alpha value is -1.02. The minimum atomic E-state index is 0.331. The van der Waals surface area contributed by atoms with E-state index in [2.05, 4.69) is 36.5 Å². The Morgan fingerprint density at radius 1 is 1.35 bits per heavy atom. The van der Waals surface area contributed by atoms with Crippen molar-refractivity contribution in [1.82, 2.24) is 0 Å². The lowest BCUT2D eigenvalue weighted by Gasteiger charge is -2.43. The van der Waals surface area contributed by atoms with E-state index in [1.807, 2.05) is 0 Å². The molecule has 0 unspecified atom stereocenters. The fourth-order valence-electron chi connectivity index (χ4n) is 3.32. The SMILES string of the molecule is CCC[C@@H]1Nc2ccccc2[C@@H]2OCCC[C@@H]12. The predicted octanol–water partition coefficient (Wildman–Crippen LogP) is 3.75. The number of hydrogen-bond acceptors (Lipinski definition) is 2. The summed E-state index contributed by atoms with van der Waals surface area (Å²) in [6.45, 7) is 3.19. The maximum Gasteiger partial charge on any atom is 0.0892 e. The molecule has 2 heteroatoms. The lowest BCUT2D eigenvalue weighted by Crippen LogP contribution is -2.41. The molecule has 0 aliphatic carbocycles. The maximum atomic E-state index is 6.04. The first kappa shape index (κ1) is 11.1. The van der Waals surface area contributed by atoms with Crippen LogP contribution in [0.1, 0.15) is 44.3 Å². The largest absolute Gasteiger partial charge is 0.382 e. The van der Waals surface area contributed by atoms with E-state index in [0.29, 0.717) is 18.1 Å². The zero-order valence-corrected chi connectivity index (χ0v) is 10.5. The first-order valence-corrected chi connectivity index (χ1v) is 6.87. The summed E-state index contributed by atoms with van der Waals surface area (Å²) >= 11 is 0. The number of benzene rings is 1. The van der Waals surface area contributed by atoms with E-state index in [4.69, 9.17) is 4.74 Å². The van der Waals surface area contributed by atoms with Crippen LogP contribution in [-0.4, -0.2) is 12.6 Å². The summed E-state index contributed by atoms with van der Waals surface area (Å²) in [7, 11) is 0. The summed E-state index contributed by atoms with van der Waals surface area (Å²) in [6, 6.07) is 9.23. The normalized spacial score (nSPS) is 31.2. The molecule has 92 valence electrons. The highest BCUT2D eigenvalue weighted by atomic mass is 16.5. The highest BCUT2D eigenvalue weighted by molar-refractivity contribution is 5.55. The van der Waals surface area contributed by atoms with Crippen LogP contribution in [-0.2, 0) is 4.74 Å². The first-order chi connectivity index (χ1) is 8.40. The van der Waals surface area contributed by atoms with Crippen LogP contribution in [0.15, 0.2) is 24.3 Å². The smallest absolute Gasteiger partial charge is 0.0892 e. The van der Waals surface area contributed by atoms with Crippen molar-refractivity contribution in [2.75, 3.05) is 11.9 Å². The molecule has 1 aromatic rings. The van der Waals surface area contributed by atoms with Crippen LogP contribution >= 0.6 is 0 Å². The fourth-order valence-corrected chi connectivity index (χ4v) is 3.32. The molecule has 2 heterocycles. The van der Waals surface area contributed by atoms with Crippen LogP contribution < -0.4 is 5.32 Å². The molecule has 0 radical (unpaired) electrons. The van der Waals surface area contributed by atoms with Gasteiger partial charge < -0.3 is 10.1 Å². The standard InChI is InChI=1S/C15H21NO/c1-2-6-13-12-8-5-10-17-15(12)11-7-3-4-9-14(11)16-13/h3-4,7,9,12-13,15-16H,2,5-6,8,10H2,1H3/t12-,13-,15-/m0/s1.